The van der Waals surface area contributed by atoms with Crippen molar-refractivity contribution in [3.8, 4) is 11.5 Å². The number of para-hydroxylation sites is 2. The van der Waals surface area contributed by atoms with Gasteiger partial charge in [0, 0.05) is 6.04 Å². The Morgan fingerprint density at radius 3 is 2.43 bits per heavy atom. The van der Waals surface area contributed by atoms with E-state index in [4.69, 9.17) is 9.47 Å². The van der Waals surface area contributed by atoms with Crippen molar-refractivity contribution in [2.75, 3.05) is 13.7 Å². The van der Waals surface area contributed by atoms with Crippen LogP contribution in [0.5, 0.6) is 11.5 Å². The smallest absolute Gasteiger partial charge is 0.161 e. The van der Waals surface area contributed by atoms with Gasteiger partial charge >= 0.3 is 0 Å². The highest BCUT2D eigenvalue weighted by atomic mass is 16.5. The van der Waals surface area contributed by atoms with Crippen LogP contribution in [0.2, 0.25) is 0 Å². The Morgan fingerprint density at radius 1 is 1.00 bits per heavy atom. The van der Waals surface area contributed by atoms with Gasteiger partial charge in [0.05, 0.1) is 7.11 Å². The minimum atomic E-state index is 0.282. The minimum absolute atomic E-state index is 0.282. The number of benzene rings is 1. The zero-order chi connectivity index (χ0) is 14.5. The first kappa shape index (κ1) is 14.7. The summed E-state index contributed by atoms with van der Waals surface area (Å²) in [4.78, 5) is 0. The molecule has 3 nitrogen and oxygen atoms in total. The topological polar surface area (TPSA) is 30.5 Å². The first-order valence-corrected chi connectivity index (χ1v) is 8.41. The molecule has 21 heavy (non-hydrogen) atoms. The Morgan fingerprint density at radius 2 is 1.76 bits per heavy atom. The van der Waals surface area contributed by atoms with Crippen LogP contribution in [-0.4, -0.2) is 25.8 Å². The maximum atomic E-state index is 6.47. The van der Waals surface area contributed by atoms with Crippen LogP contribution in [-0.2, 0) is 0 Å². The zero-order valence-electron chi connectivity index (χ0n) is 13.0. The molecule has 2 atom stereocenters. The number of rotatable bonds is 5. The normalized spacial score (nSPS) is 24.7. The molecule has 3 heteroatoms. The number of hydrogen-bond acceptors (Lipinski definition) is 3. The van der Waals surface area contributed by atoms with Crippen molar-refractivity contribution in [2.24, 2.45) is 5.92 Å². The van der Waals surface area contributed by atoms with Crippen LogP contribution >= 0.6 is 0 Å². The summed E-state index contributed by atoms with van der Waals surface area (Å²) in [6, 6.07) is 8.53. The summed E-state index contributed by atoms with van der Waals surface area (Å²) >= 11 is 0. The molecule has 2 aliphatic rings. The first-order valence-electron chi connectivity index (χ1n) is 8.41. The molecule has 1 heterocycles. The van der Waals surface area contributed by atoms with Gasteiger partial charge in [-0.25, -0.2) is 0 Å². The van der Waals surface area contributed by atoms with Gasteiger partial charge in [-0.05, 0) is 50.3 Å². The SMILES string of the molecule is COc1ccccc1OC(C1CCCCC1)C1CCCN1. The van der Waals surface area contributed by atoms with Crippen molar-refractivity contribution >= 4 is 0 Å². The molecule has 116 valence electrons. The van der Waals surface area contributed by atoms with Crippen LogP contribution < -0.4 is 14.8 Å². The predicted molar refractivity (Wildman–Crippen MR) is 85.0 cm³/mol. The lowest BCUT2D eigenvalue weighted by atomic mass is 9.82. The Kier molecular flexibility index (Phi) is 5.02. The van der Waals surface area contributed by atoms with Gasteiger partial charge in [-0.1, -0.05) is 31.4 Å². The van der Waals surface area contributed by atoms with Gasteiger partial charge in [0.2, 0.25) is 0 Å². The fourth-order valence-corrected chi connectivity index (χ4v) is 3.82. The Hall–Kier alpha value is -1.22. The second-order valence-electron chi connectivity index (χ2n) is 6.33. The van der Waals surface area contributed by atoms with Crippen molar-refractivity contribution in [2.45, 2.75) is 57.1 Å². The molecule has 1 aromatic carbocycles. The third-order valence-electron chi connectivity index (χ3n) is 4.94. The van der Waals surface area contributed by atoms with Gasteiger partial charge in [0.25, 0.3) is 0 Å². The summed E-state index contributed by atoms with van der Waals surface area (Å²) in [6.45, 7) is 1.13. The molecule has 1 saturated heterocycles. The third-order valence-corrected chi connectivity index (χ3v) is 4.94. The average Bonchev–Trinajstić information content (AvgIpc) is 3.08. The summed E-state index contributed by atoms with van der Waals surface area (Å²) in [6.07, 6.45) is 9.47. The molecule has 2 fully saturated rings. The van der Waals surface area contributed by atoms with Crippen molar-refractivity contribution in [1.82, 2.24) is 5.32 Å². The standard InChI is InChI=1S/C18H27NO2/c1-20-16-11-5-6-12-17(16)21-18(15-10-7-13-19-15)14-8-3-2-4-9-14/h5-6,11-12,14-15,18-19H,2-4,7-10,13H2,1H3. The van der Waals surface area contributed by atoms with Crippen molar-refractivity contribution in [3.05, 3.63) is 24.3 Å². The predicted octanol–water partition coefficient (Wildman–Crippen LogP) is 3.77. The molecule has 1 aromatic rings. The molecular weight excluding hydrogens is 262 g/mol. The van der Waals surface area contributed by atoms with E-state index >= 15 is 0 Å². The van der Waals surface area contributed by atoms with E-state index in [-0.39, 0.29) is 6.10 Å². The Labute approximate surface area is 128 Å². The average molecular weight is 289 g/mol. The summed E-state index contributed by atoms with van der Waals surface area (Å²) in [5.74, 6) is 2.42. The molecular formula is C18H27NO2. The van der Waals surface area contributed by atoms with E-state index in [1.807, 2.05) is 24.3 Å². The second-order valence-corrected chi connectivity index (χ2v) is 6.33. The monoisotopic (exact) mass is 289 g/mol. The molecule has 1 N–H and O–H groups in total. The van der Waals surface area contributed by atoms with Crippen LogP contribution in [0.4, 0.5) is 0 Å². The van der Waals surface area contributed by atoms with Crippen molar-refractivity contribution < 1.29 is 9.47 Å². The van der Waals surface area contributed by atoms with E-state index in [1.54, 1.807) is 7.11 Å². The van der Waals surface area contributed by atoms with Crippen molar-refractivity contribution in [3.63, 3.8) is 0 Å². The van der Waals surface area contributed by atoms with Crippen LogP contribution in [0.15, 0.2) is 24.3 Å². The van der Waals surface area contributed by atoms with Crippen LogP contribution in [0.3, 0.4) is 0 Å². The Bertz CT molecular complexity index is 437. The quantitative estimate of drug-likeness (QED) is 0.895. The number of methoxy groups -OCH3 is 1. The highest BCUT2D eigenvalue weighted by Gasteiger charge is 2.34. The number of hydrogen-bond donors (Lipinski definition) is 1. The lowest BCUT2D eigenvalue weighted by Crippen LogP contribution is -2.44. The molecule has 0 bridgehead atoms. The largest absolute Gasteiger partial charge is 0.493 e. The molecule has 0 spiro atoms. The fraction of sp³-hybridized carbons (Fsp3) is 0.667. The highest BCUT2D eigenvalue weighted by Crippen LogP contribution is 2.35. The molecule has 1 aliphatic heterocycles. The lowest BCUT2D eigenvalue weighted by molar-refractivity contribution is 0.0751. The van der Waals surface area contributed by atoms with Gasteiger partial charge in [-0.2, -0.15) is 0 Å². The minimum Gasteiger partial charge on any atom is -0.493 e. The molecule has 0 amide bonds. The summed E-state index contributed by atoms with van der Waals surface area (Å²) in [5.41, 5.74) is 0. The summed E-state index contributed by atoms with van der Waals surface area (Å²) in [5, 5.41) is 3.65. The van der Waals surface area contributed by atoms with Crippen LogP contribution in [0.25, 0.3) is 0 Å². The Balaban J connectivity index is 1.77. The van der Waals surface area contributed by atoms with E-state index in [0.29, 0.717) is 12.0 Å². The van der Waals surface area contributed by atoms with Crippen molar-refractivity contribution in [1.29, 1.82) is 0 Å². The first-order chi connectivity index (χ1) is 10.4. The molecule has 1 aliphatic carbocycles. The van der Waals surface area contributed by atoms with Gasteiger partial charge in [-0.15, -0.1) is 0 Å². The third kappa shape index (κ3) is 3.52. The summed E-state index contributed by atoms with van der Waals surface area (Å²) in [7, 11) is 1.71. The maximum Gasteiger partial charge on any atom is 0.161 e. The fourth-order valence-electron chi connectivity index (χ4n) is 3.82. The zero-order valence-corrected chi connectivity index (χ0v) is 13.0. The molecule has 2 unspecified atom stereocenters. The molecule has 3 rings (SSSR count). The van der Waals surface area contributed by atoms with E-state index in [0.717, 1.165) is 18.0 Å². The lowest BCUT2D eigenvalue weighted by Gasteiger charge is -2.34. The van der Waals surface area contributed by atoms with E-state index < -0.39 is 0 Å². The van der Waals surface area contributed by atoms with E-state index in [2.05, 4.69) is 5.32 Å². The number of nitrogens with one attached hydrogen (secondary N) is 1. The maximum absolute atomic E-state index is 6.47. The molecule has 0 aromatic heterocycles. The van der Waals surface area contributed by atoms with Crippen LogP contribution in [0.1, 0.15) is 44.9 Å². The van der Waals surface area contributed by atoms with E-state index in [9.17, 15) is 0 Å². The van der Waals surface area contributed by atoms with Gasteiger partial charge < -0.3 is 14.8 Å². The van der Waals surface area contributed by atoms with E-state index in [1.165, 1.54) is 44.9 Å². The molecule has 1 saturated carbocycles. The van der Waals surface area contributed by atoms with Crippen LogP contribution in [0, 0.1) is 5.92 Å². The van der Waals surface area contributed by atoms with Gasteiger partial charge in [-0.3, -0.25) is 0 Å². The van der Waals surface area contributed by atoms with Gasteiger partial charge in [0.1, 0.15) is 6.10 Å². The second kappa shape index (κ2) is 7.17. The number of ether oxygens (including phenoxy) is 2. The highest BCUT2D eigenvalue weighted by molar-refractivity contribution is 5.39. The van der Waals surface area contributed by atoms with Gasteiger partial charge in [0.15, 0.2) is 11.5 Å². The summed E-state index contributed by atoms with van der Waals surface area (Å²) < 4.78 is 11.9. The molecule has 0 radical (unpaired) electrons.